The maximum Gasteiger partial charge on any atom is 0.690 e. The minimum absolute atomic E-state index is 0.107. The van der Waals surface area contributed by atoms with Crippen molar-refractivity contribution >= 4 is 22.0 Å². The molecule has 1 heterocycles. The molecule has 1 aliphatic rings. The minimum atomic E-state index is -1.43. The average molecular weight is 414 g/mol. The number of benzene rings is 3. The first-order chi connectivity index (χ1) is 14.5. The van der Waals surface area contributed by atoms with E-state index < -0.39 is 39.4 Å². The second-order valence-corrected chi connectivity index (χ2v) is 6.00. The van der Waals surface area contributed by atoms with Crippen molar-refractivity contribution in [3.63, 3.8) is 0 Å². The van der Waals surface area contributed by atoms with E-state index in [1.807, 2.05) is 0 Å². The molecule has 1 fully saturated rings. The van der Waals surface area contributed by atoms with E-state index >= 15 is 0 Å². The Bertz CT molecular complexity index is 881. The molecule has 0 radical (unpaired) electrons. The van der Waals surface area contributed by atoms with Crippen molar-refractivity contribution in [1.82, 2.24) is 0 Å². The predicted octanol–water partition coefficient (Wildman–Crippen LogP) is 3.66. The van der Waals surface area contributed by atoms with Crippen molar-refractivity contribution in [2.24, 2.45) is 0 Å². The van der Waals surface area contributed by atoms with Gasteiger partial charge in [0.05, 0.1) is 0 Å². The van der Waals surface area contributed by atoms with E-state index in [-0.39, 0.29) is 17.2 Å². The van der Waals surface area contributed by atoms with Crippen LogP contribution in [0.25, 0.3) is 0 Å². The lowest BCUT2D eigenvalue weighted by atomic mass is 9.96. The molecule has 1 saturated heterocycles. The summed E-state index contributed by atoms with van der Waals surface area (Å²) in [5.74, 6) is -1.26. The van der Waals surface area contributed by atoms with E-state index in [2.05, 4.69) is 0 Å². The van der Waals surface area contributed by atoms with Gasteiger partial charge in [-0.2, -0.15) is 0 Å². The molecule has 6 nitrogen and oxygen atoms in total. The molecule has 0 saturated carbocycles. The molecule has 0 aromatic heterocycles. The fraction of sp³-hybridized carbons (Fsp3) is 0. The molecule has 1 aliphatic heterocycles. The smallest absolute Gasteiger partial charge is 0.513 e. The lowest BCUT2D eigenvalue weighted by Gasteiger charge is -2.28. The summed E-state index contributed by atoms with van der Waals surface area (Å²) in [6.07, 6.45) is 0. The second-order valence-electron chi connectivity index (χ2n) is 6.00. The van der Waals surface area contributed by atoms with Crippen molar-refractivity contribution in [2.45, 2.75) is 0 Å². The highest BCUT2D eigenvalue weighted by Gasteiger charge is 2.50. The second kappa shape index (κ2) is 9.16. The molecular formula is C18H12B3F3O6. The maximum atomic E-state index is 13.4. The SMILES string of the molecule is Fc1cccc(OB2OB(Oc3cccc(F)c3)OB(Oc3cccc(F)c3)O2)c1. The summed E-state index contributed by atoms with van der Waals surface area (Å²) in [6.45, 7) is 0. The van der Waals surface area contributed by atoms with Crippen LogP contribution in [0.3, 0.4) is 0 Å². The number of hydrogen-bond donors (Lipinski definition) is 0. The topological polar surface area (TPSA) is 55.4 Å². The first kappa shape index (κ1) is 20.2. The Kier molecular flexibility index (Phi) is 6.17. The Hall–Kier alpha value is -3.08. The van der Waals surface area contributed by atoms with Gasteiger partial charge in [-0.25, -0.2) is 13.2 Å². The summed E-state index contributed by atoms with van der Waals surface area (Å²) in [5, 5.41) is 0. The van der Waals surface area contributed by atoms with Crippen LogP contribution < -0.4 is 14.0 Å². The molecule has 150 valence electrons. The molecule has 0 N–H and O–H groups in total. The quantitative estimate of drug-likeness (QED) is 0.575. The summed E-state index contributed by atoms with van der Waals surface area (Å²) in [4.78, 5) is 0. The molecule has 4 rings (SSSR count). The normalized spacial score (nSPS) is 13.9. The van der Waals surface area contributed by atoms with Gasteiger partial charge in [-0.05, 0) is 36.4 Å². The van der Waals surface area contributed by atoms with Crippen molar-refractivity contribution < 1.29 is 40.8 Å². The molecule has 12 heteroatoms. The average Bonchev–Trinajstić information content (AvgIpc) is 2.68. The van der Waals surface area contributed by atoms with E-state index in [9.17, 15) is 13.2 Å². The molecular weight excluding hydrogens is 402 g/mol. The van der Waals surface area contributed by atoms with Gasteiger partial charge in [-0.15, -0.1) is 0 Å². The first-order valence-electron chi connectivity index (χ1n) is 8.76. The van der Waals surface area contributed by atoms with E-state index in [1.165, 1.54) is 54.6 Å². The van der Waals surface area contributed by atoms with Crippen molar-refractivity contribution in [3.8, 4) is 17.2 Å². The molecule has 0 amide bonds. The van der Waals surface area contributed by atoms with Crippen LogP contribution >= 0.6 is 0 Å². The van der Waals surface area contributed by atoms with Crippen LogP contribution in [0.1, 0.15) is 0 Å². The molecule has 30 heavy (non-hydrogen) atoms. The third-order valence-corrected chi connectivity index (χ3v) is 3.75. The Labute approximate surface area is 171 Å². The maximum absolute atomic E-state index is 13.4. The highest BCUT2D eigenvalue weighted by atomic mass is 19.1. The fourth-order valence-electron chi connectivity index (χ4n) is 2.49. The van der Waals surface area contributed by atoms with Gasteiger partial charge >= 0.3 is 22.0 Å². The van der Waals surface area contributed by atoms with Gasteiger partial charge in [-0.3, -0.25) is 0 Å². The van der Waals surface area contributed by atoms with Crippen LogP contribution in [0, 0.1) is 17.5 Å². The molecule has 0 spiro atoms. The van der Waals surface area contributed by atoms with Gasteiger partial charge < -0.3 is 27.7 Å². The van der Waals surface area contributed by atoms with Gasteiger partial charge in [0.1, 0.15) is 34.7 Å². The third-order valence-electron chi connectivity index (χ3n) is 3.75. The Morgan fingerprint density at radius 3 is 1.07 bits per heavy atom. The summed E-state index contributed by atoms with van der Waals surface area (Å²) in [5.41, 5.74) is 0. The van der Waals surface area contributed by atoms with E-state index in [4.69, 9.17) is 27.7 Å². The summed E-state index contributed by atoms with van der Waals surface area (Å²) < 4.78 is 72.7. The molecule has 3 aromatic carbocycles. The summed E-state index contributed by atoms with van der Waals surface area (Å²) in [7, 11) is -4.30. The Morgan fingerprint density at radius 1 is 0.500 bits per heavy atom. The zero-order chi connectivity index (χ0) is 20.9. The molecule has 0 unspecified atom stereocenters. The fourth-order valence-corrected chi connectivity index (χ4v) is 2.49. The summed E-state index contributed by atoms with van der Waals surface area (Å²) >= 11 is 0. The number of rotatable bonds is 6. The van der Waals surface area contributed by atoms with Crippen LogP contribution in [-0.4, -0.2) is 22.0 Å². The van der Waals surface area contributed by atoms with Gasteiger partial charge in [0.15, 0.2) is 0 Å². The van der Waals surface area contributed by atoms with Gasteiger partial charge in [0.2, 0.25) is 0 Å². The van der Waals surface area contributed by atoms with Crippen LogP contribution in [0.4, 0.5) is 13.2 Å². The Balaban J connectivity index is 1.50. The number of halogens is 3. The van der Waals surface area contributed by atoms with Crippen LogP contribution in [0.15, 0.2) is 72.8 Å². The highest BCUT2D eigenvalue weighted by Crippen LogP contribution is 2.21. The summed E-state index contributed by atoms with van der Waals surface area (Å²) in [6, 6.07) is 15.8. The monoisotopic (exact) mass is 414 g/mol. The largest absolute Gasteiger partial charge is 0.690 e. The van der Waals surface area contributed by atoms with Crippen molar-refractivity contribution in [3.05, 3.63) is 90.2 Å². The molecule has 0 atom stereocenters. The van der Waals surface area contributed by atoms with E-state index in [0.29, 0.717) is 0 Å². The third kappa shape index (κ3) is 5.50. The Morgan fingerprint density at radius 2 is 0.800 bits per heavy atom. The molecule has 3 aromatic rings. The van der Waals surface area contributed by atoms with Crippen LogP contribution in [0.2, 0.25) is 0 Å². The van der Waals surface area contributed by atoms with Gasteiger partial charge in [0, 0.05) is 18.2 Å². The molecule has 0 bridgehead atoms. The van der Waals surface area contributed by atoms with Crippen LogP contribution in [0.5, 0.6) is 17.2 Å². The lowest BCUT2D eigenvalue weighted by Crippen LogP contribution is -2.56. The van der Waals surface area contributed by atoms with E-state index in [0.717, 1.165) is 18.2 Å². The van der Waals surface area contributed by atoms with Gasteiger partial charge in [-0.1, -0.05) is 18.2 Å². The minimum Gasteiger partial charge on any atom is -0.513 e. The molecule has 0 aliphatic carbocycles. The predicted molar refractivity (Wildman–Crippen MR) is 102 cm³/mol. The highest BCUT2D eigenvalue weighted by molar-refractivity contribution is 6.67. The van der Waals surface area contributed by atoms with Crippen molar-refractivity contribution in [2.75, 3.05) is 0 Å². The lowest BCUT2D eigenvalue weighted by molar-refractivity contribution is 0.145. The zero-order valence-corrected chi connectivity index (χ0v) is 15.2. The van der Waals surface area contributed by atoms with Crippen molar-refractivity contribution in [1.29, 1.82) is 0 Å². The number of hydrogen-bond acceptors (Lipinski definition) is 6. The van der Waals surface area contributed by atoms with Crippen LogP contribution in [-0.2, 0) is 13.7 Å². The zero-order valence-electron chi connectivity index (χ0n) is 15.2. The van der Waals surface area contributed by atoms with E-state index in [1.54, 1.807) is 0 Å². The van der Waals surface area contributed by atoms with Gasteiger partial charge in [0.25, 0.3) is 0 Å². The standard InChI is InChI=1S/C18H12B3F3O6/c22-13-4-1-7-16(10-13)25-19-28-20(26-17-8-2-5-14(23)11-17)30-21(29-19)27-18-9-3-6-15(24)12-18/h1-12H. The first-order valence-corrected chi connectivity index (χ1v) is 8.76.